The summed E-state index contributed by atoms with van der Waals surface area (Å²) < 4.78 is 0.745. The van der Waals surface area contributed by atoms with E-state index in [1.165, 1.54) is 6.20 Å². The summed E-state index contributed by atoms with van der Waals surface area (Å²) in [5.74, 6) is -0.0209. The zero-order valence-corrected chi connectivity index (χ0v) is 9.68. The van der Waals surface area contributed by atoms with Gasteiger partial charge in [-0.05, 0) is 28.1 Å². The van der Waals surface area contributed by atoms with Gasteiger partial charge in [-0.25, -0.2) is 9.97 Å². The molecule has 0 atom stereocenters. The Morgan fingerprint density at radius 1 is 1.25 bits per heavy atom. The van der Waals surface area contributed by atoms with Crippen LogP contribution in [0.2, 0.25) is 0 Å². The standard InChI is InChI=1S/C10H7BrN4O/c11-8-4-7(5-12-6-8)9(16)15-10-13-2-1-3-14-10/h1-6H,(H,13,14,15,16). The molecule has 2 aromatic heterocycles. The van der Waals surface area contributed by atoms with Crippen molar-refractivity contribution in [2.24, 2.45) is 0 Å². The Bertz CT molecular complexity index is 503. The number of amides is 1. The van der Waals surface area contributed by atoms with E-state index < -0.39 is 0 Å². The highest BCUT2D eigenvalue weighted by Crippen LogP contribution is 2.10. The van der Waals surface area contributed by atoms with Crippen molar-refractivity contribution in [1.82, 2.24) is 15.0 Å². The third-order valence-electron chi connectivity index (χ3n) is 1.76. The van der Waals surface area contributed by atoms with E-state index in [2.05, 4.69) is 36.2 Å². The van der Waals surface area contributed by atoms with Gasteiger partial charge in [-0.1, -0.05) is 0 Å². The van der Waals surface area contributed by atoms with Gasteiger partial charge in [0.1, 0.15) is 0 Å². The monoisotopic (exact) mass is 278 g/mol. The molecule has 0 saturated carbocycles. The van der Waals surface area contributed by atoms with Gasteiger partial charge < -0.3 is 0 Å². The number of anilines is 1. The summed E-state index contributed by atoms with van der Waals surface area (Å²) >= 11 is 3.24. The molecule has 5 nitrogen and oxygen atoms in total. The summed E-state index contributed by atoms with van der Waals surface area (Å²) in [5, 5.41) is 2.56. The van der Waals surface area contributed by atoms with E-state index in [1.807, 2.05) is 0 Å². The Kier molecular flexibility index (Phi) is 3.21. The van der Waals surface area contributed by atoms with Gasteiger partial charge in [-0.15, -0.1) is 0 Å². The average molecular weight is 279 g/mol. The number of hydrogen-bond donors (Lipinski definition) is 1. The lowest BCUT2D eigenvalue weighted by Gasteiger charge is -2.02. The Balaban J connectivity index is 2.15. The van der Waals surface area contributed by atoms with Crippen LogP contribution in [0.5, 0.6) is 0 Å². The molecule has 0 bridgehead atoms. The molecule has 0 unspecified atom stereocenters. The van der Waals surface area contributed by atoms with E-state index in [0.29, 0.717) is 5.56 Å². The number of nitrogens with one attached hydrogen (secondary N) is 1. The van der Waals surface area contributed by atoms with Crippen LogP contribution < -0.4 is 5.32 Å². The van der Waals surface area contributed by atoms with Crippen LogP contribution in [0.15, 0.2) is 41.4 Å². The van der Waals surface area contributed by atoms with E-state index in [1.54, 1.807) is 30.7 Å². The highest BCUT2D eigenvalue weighted by molar-refractivity contribution is 9.10. The lowest BCUT2D eigenvalue weighted by Crippen LogP contribution is -2.14. The zero-order valence-electron chi connectivity index (χ0n) is 8.09. The number of carbonyl (C=O) groups is 1. The fourth-order valence-corrected chi connectivity index (χ4v) is 1.44. The fourth-order valence-electron chi connectivity index (χ4n) is 1.07. The molecular weight excluding hydrogens is 272 g/mol. The summed E-state index contributed by atoms with van der Waals surface area (Å²) in [7, 11) is 0. The highest BCUT2D eigenvalue weighted by atomic mass is 79.9. The average Bonchev–Trinajstić information content (AvgIpc) is 2.30. The lowest BCUT2D eigenvalue weighted by molar-refractivity contribution is 0.102. The van der Waals surface area contributed by atoms with Gasteiger partial charge in [0.25, 0.3) is 5.91 Å². The van der Waals surface area contributed by atoms with E-state index in [9.17, 15) is 4.79 Å². The molecule has 0 aliphatic heterocycles. The predicted octanol–water partition coefficient (Wildman–Crippen LogP) is 1.89. The second-order valence-electron chi connectivity index (χ2n) is 2.92. The van der Waals surface area contributed by atoms with Crippen LogP contribution in [0.4, 0.5) is 5.95 Å². The van der Waals surface area contributed by atoms with E-state index >= 15 is 0 Å². The summed E-state index contributed by atoms with van der Waals surface area (Å²) in [6, 6.07) is 3.35. The van der Waals surface area contributed by atoms with Gasteiger partial charge >= 0.3 is 0 Å². The third-order valence-corrected chi connectivity index (χ3v) is 2.19. The number of nitrogens with zero attached hydrogens (tertiary/aromatic N) is 3. The van der Waals surface area contributed by atoms with Crippen LogP contribution in [0.25, 0.3) is 0 Å². The van der Waals surface area contributed by atoms with Crippen molar-refractivity contribution < 1.29 is 4.79 Å². The number of pyridine rings is 1. The second-order valence-corrected chi connectivity index (χ2v) is 3.83. The SMILES string of the molecule is O=C(Nc1ncccn1)c1cncc(Br)c1. The third kappa shape index (κ3) is 2.60. The summed E-state index contributed by atoms with van der Waals surface area (Å²) in [4.78, 5) is 23.4. The second kappa shape index (κ2) is 4.80. The Hall–Kier alpha value is -1.82. The fraction of sp³-hybridized carbons (Fsp3) is 0. The van der Waals surface area contributed by atoms with Crippen LogP contribution in [0.3, 0.4) is 0 Å². The summed E-state index contributed by atoms with van der Waals surface area (Å²) in [6.07, 6.45) is 6.20. The zero-order chi connectivity index (χ0) is 11.4. The van der Waals surface area contributed by atoms with Crippen molar-refractivity contribution in [2.75, 3.05) is 5.32 Å². The van der Waals surface area contributed by atoms with E-state index in [4.69, 9.17) is 0 Å². The largest absolute Gasteiger partial charge is 0.290 e. The molecule has 1 amide bonds. The number of carbonyl (C=O) groups excluding carboxylic acids is 1. The molecule has 6 heteroatoms. The molecule has 2 aromatic rings. The first-order chi connectivity index (χ1) is 7.75. The maximum atomic E-state index is 11.7. The molecule has 1 N–H and O–H groups in total. The van der Waals surface area contributed by atoms with Crippen molar-refractivity contribution in [3.8, 4) is 0 Å². The van der Waals surface area contributed by atoms with Crippen LogP contribution in [0.1, 0.15) is 10.4 Å². The molecular formula is C10H7BrN4O. The molecule has 80 valence electrons. The Morgan fingerprint density at radius 2 is 2.00 bits per heavy atom. The normalized spacial score (nSPS) is 9.81. The molecule has 0 saturated heterocycles. The lowest BCUT2D eigenvalue weighted by atomic mass is 10.3. The predicted molar refractivity (Wildman–Crippen MR) is 61.9 cm³/mol. The maximum absolute atomic E-state index is 11.7. The molecule has 0 fully saturated rings. The summed E-state index contributed by atoms with van der Waals surface area (Å²) in [5.41, 5.74) is 0.446. The molecule has 0 radical (unpaired) electrons. The topological polar surface area (TPSA) is 67.8 Å². The van der Waals surface area contributed by atoms with Crippen LogP contribution in [-0.2, 0) is 0 Å². The molecule has 0 aliphatic carbocycles. The minimum Gasteiger partial charge on any atom is -0.290 e. The van der Waals surface area contributed by atoms with Gasteiger partial charge in [0.15, 0.2) is 0 Å². The van der Waals surface area contributed by atoms with Gasteiger partial charge in [0.05, 0.1) is 5.56 Å². The molecule has 2 rings (SSSR count). The summed E-state index contributed by atoms with van der Waals surface area (Å²) in [6.45, 7) is 0. The smallest absolute Gasteiger partial charge is 0.259 e. The first-order valence-corrected chi connectivity index (χ1v) is 5.24. The molecule has 2 heterocycles. The van der Waals surface area contributed by atoms with Crippen LogP contribution >= 0.6 is 15.9 Å². The van der Waals surface area contributed by atoms with Gasteiger partial charge in [0, 0.05) is 29.3 Å². The molecule has 0 aromatic carbocycles. The van der Waals surface area contributed by atoms with Gasteiger partial charge in [-0.3, -0.25) is 15.1 Å². The quantitative estimate of drug-likeness (QED) is 0.911. The molecule has 16 heavy (non-hydrogen) atoms. The van der Waals surface area contributed by atoms with Gasteiger partial charge in [0.2, 0.25) is 5.95 Å². The Labute approximate surface area is 100 Å². The maximum Gasteiger partial charge on any atom is 0.259 e. The minimum absolute atomic E-state index is 0.271. The van der Waals surface area contributed by atoms with Crippen molar-refractivity contribution in [3.05, 3.63) is 47.0 Å². The van der Waals surface area contributed by atoms with E-state index in [-0.39, 0.29) is 11.9 Å². The number of aromatic nitrogens is 3. The highest BCUT2D eigenvalue weighted by Gasteiger charge is 2.07. The van der Waals surface area contributed by atoms with Crippen molar-refractivity contribution in [3.63, 3.8) is 0 Å². The van der Waals surface area contributed by atoms with Crippen LogP contribution in [0, 0.1) is 0 Å². The van der Waals surface area contributed by atoms with Crippen molar-refractivity contribution >= 4 is 27.8 Å². The molecule has 0 aliphatic rings. The number of halogens is 1. The number of rotatable bonds is 2. The first-order valence-electron chi connectivity index (χ1n) is 4.44. The Morgan fingerprint density at radius 3 is 2.69 bits per heavy atom. The number of hydrogen-bond acceptors (Lipinski definition) is 4. The van der Waals surface area contributed by atoms with E-state index in [0.717, 1.165) is 4.47 Å². The van der Waals surface area contributed by atoms with Crippen molar-refractivity contribution in [2.45, 2.75) is 0 Å². The first kappa shape index (κ1) is 10.7. The van der Waals surface area contributed by atoms with Crippen LogP contribution in [-0.4, -0.2) is 20.9 Å². The minimum atomic E-state index is -0.292. The van der Waals surface area contributed by atoms with Crippen molar-refractivity contribution in [1.29, 1.82) is 0 Å². The van der Waals surface area contributed by atoms with Gasteiger partial charge in [-0.2, -0.15) is 0 Å². The molecule has 0 spiro atoms.